The monoisotopic (exact) mass is 466 g/mol. The molecule has 0 aliphatic carbocycles. The Morgan fingerprint density at radius 3 is 2.58 bits per heavy atom. The SMILES string of the molecule is CCN(CC(=O)NC(C)C)C(=O)CSc1nc2ccccc2c(=O)n1-c1cc(C)ccc1C. The van der Waals surface area contributed by atoms with Crippen molar-refractivity contribution in [2.45, 2.75) is 45.8 Å². The number of amides is 2. The number of carbonyl (C=O) groups excluding carboxylic acids is 2. The highest BCUT2D eigenvalue weighted by molar-refractivity contribution is 7.99. The first-order valence-electron chi connectivity index (χ1n) is 11.0. The molecule has 8 heteroatoms. The number of benzene rings is 2. The average Bonchev–Trinajstić information content (AvgIpc) is 2.77. The highest BCUT2D eigenvalue weighted by atomic mass is 32.2. The van der Waals surface area contributed by atoms with E-state index in [2.05, 4.69) is 5.32 Å². The van der Waals surface area contributed by atoms with E-state index in [1.54, 1.807) is 16.7 Å². The molecule has 1 N–H and O–H groups in total. The van der Waals surface area contributed by atoms with Crippen molar-refractivity contribution in [3.63, 3.8) is 0 Å². The summed E-state index contributed by atoms with van der Waals surface area (Å²) in [7, 11) is 0. The van der Waals surface area contributed by atoms with Crippen molar-refractivity contribution < 1.29 is 9.59 Å². The zero-order valence-corrected chi connectivity index (χ0v) is 20.5. The predicted octanol–water partition coefficient (Wildman–Crippen LogP) is 3.47. The minimum atomic E-state index is -0.193. The van der Waals surface area contributed by atoms with Gasteiger partial charge >= 0.3 is 0 Å². The molecule has 0 aliphatic heterocycles. The van der Waals surface area contributed by atoms with Crippen LogP contribution in [0.1, 0.15) is 31.9 Å². The fraction of sp³-hybridized carbons (Fsp3) is 0.360. The number of thioether (sulfide) groups is 1. The molecule has 1 heterocycles. The molecule has 7 nitrogen and oxygen atoms in total. The van der Waals surface area contributed by atoms with Gasteiger partial charge in [0.1, 0.15) is 0 Å². The molecule has 0 saturated carbocycles. The Balaban J connectivity index is 1.95. The molecule has 0 bridgehead atoms. The predicted molar refractivity (Wildman–Crippen MR) is 133 cm³/mol. The standard InChI is InChI=1S/C25H30N4O3S/c1-6-28(14-22(30)26-16(2)3)23(31)15-33-25-27-20-10-8-7-9-19(20)24(32)29(25)21-13-17(4)11-12-18(21)5/h7-13,16H,6,14-15H2,1-5H3,(H,26,30). The van der Waals surface area contributed by atoms with Gasteiger partial charge in [-0.25, -0.2) is 4.98 Å². The van der Waals surface area contributed by atoms with Crippen molar-refractivity contribution in [2.75, 3.05) is 18.8 Å². The summed E-state index contributed by atoms with van der Waals surface area (Å²) in [4.78, 5) is 44.7. The Labute approximate surface area is 198 Å². The van der Waals surface area contributed by atoms with Crippen LogP contribution in [0.3, 0.4) is 0 Å². The summed E-state index contributed by atoms with van der Waals surface area (Å²) in [6, 6.07) is 13.1. The van der Waals surface area contributed by atoms with Crippen LogP contribution in [0.25, 0.3) is 16.6 Å². The minimum absolute atomic E-state index is 0.00299. The molecule has 2 aromatic carbocycles. The quantitative estimate of drug-likeness (QED) is 0.406. The van der Waals surface area contributed by atoms with Crippen LogP contribution in [0.15, 0.2) is 52.4 Å². The molecule has 1 aromatic heterocycles. The summed E-state index contributed by atoms with van der Waals surface area (Å²) >= 11 is 1.21. The van der Waals surface area contributed by atoms with Gasteiger partial charge in [-0.1, -0.05) is 36.0 Å². The number of carbonyl (C=O) groups is 2. The number of hydrogen-bond donors (Lipinski definition) is 1. The van der Waals surface area contributed by atoms with E-state index in [-0.39, 0.29) is 35.7 Å². The fourth-order valence-corrected chi connectivity index (χ4v) is 4.43. The van der Waals surface area contributed by atoms with Crippen LogP contribution < -0.4 is 10.9 Å². The number of fused-ring (bicyclic) bond motifs is 1. The van der Waals surface area contributed by atoms with Crippen molar-refractivity contribution >= 4 is 34.5 Å². The van der Waals surface area contributed by atoms with Gasteiger partial charge in [-0.2, -0.15) is 0 Å². The third kappa shape index (κ3) is 5.82. The van der Waals surface area contributed by atoms with E-state index in [4.69, 9.17) is 4.98 Å². The van der Waals surface area contributed by atoms with E-state index in [0.717, 1.165) is 16.8 Å². The number of para-hydroxylation sites is 1. The number of nitrogens with one attached hydrogen (secondary N) is 1. The molecular weight excluding hydrogens is 436 g/mol. The summed E-state index contributed by atoms with van der Waals surface area (Å²) in [5, 5.41) is 3.78. The summed E-state index contributed by atoms with van der Waals surface area (Å²) < 4.78 is 1.59. The fourth-order valence-electron chi connectivity index (χ4n) is 3.52. The first-order valence-corrected chi connectivity index (χ1v) is 12.0. The maximum Gasteiger partial charge on any atom is 0.266 e. The van der Waals surface area contributed by atoms with Crippen LogP contribution in [-0.2, 0) is 9.59 Å². The molecule has 2 amide bonds. The van der Waals surface area contributed by atoms with Crippen LogP contribution in [-0.4, -0.2) is 51.1 Å². The first kappa shape index (κ1) is 24.5. The van der Waals surface area contributed by atoms with Gasteiger partial charge in [0.25, 0.3) is 5.56 Å². The summed E-state index contributed by atoms with van der Waals surface area (Å²) in [6.07, 6.45) is 0. The van der Waals surface area contributed by atoms with Crippen LogP contribution in [0.5, 0.6) is 0 Å². The smallest absolute Gasteiger partial charge is 0.266 e. The normalized spacial score (nSPS) is 11.1. The van der Waals surface area contributed by atoms with Gasteiger partial charge in [0.05, 0.1) is 28.9 Å². The maximum atomic E-state index is 13.5. The number of aryl methyl sites for hydroxylation is 2. The number of nitrogens with zero attached hydrogens (tertiary/aromatic N) is 3. The highest BCUT2D eigenvalue weighted by Crippen LogP contribution is 2.24. The highest BCUT2D eigenvalue weighted by Gasteiger charge is 2.20. The zero-order valence-electron chi connectivity index (χ0n) is 19.7. The van der Waals surface area contributed by atoms with Crippen molar-refractivity contribution in [2.24, 2.45) is 0 Å². The number of likely N-dealkylation sites (N-methyl/N-ethyl adjacent to an activating group) is 1. The van der Waals surface area contributed by atoms with Gasteiger partial charge in [0.15, 0.2) is 5.16 Å². The van der Waals surface area contributed by atoms with E-state index in [9.17, 15) is 14.4 Å². The first-order chi connectivity index (χ1) is 15.7. The molecule has 3 aromatic rings. The number of hydrogen-bond acceptors (Lipinski definition) is 5. The lowest BCUT2D eigenvalue weighted by Gasteiger charge is -2.21. The summed E-state index contributed by atoms with van der Waals surface area (Å²) in [6.45, 7) is 9.93. The zero-order chi connectivity index (χ0) is 24.1. The Kier molecular flexibility index (Phi) is 7.92. The topological polar surface area (TPSA) is 84.3 Å². The van der Waals surface area contributed by atoms with Gasteiger partial charge in [0.2, 0.25) is 11.8 Å². The maximum absolute atomic E-state index is 13.5. The van der Waals surface area contributed by atoms with Gasteiger partial charge in [-0.15, -0.1) is 0 Å². The van der Waals surface area contributed by atoms with E-state index < -0.39 is 0 Å². The van der Waals surface area contributed by atoms with Crippen LogP contribution in [0.4, 0.5) is 0 Å². The second-order valence-electron chi connectivity index (χ2n) is 8.26. The van der Waals surface area contributed by atoms with Crippen LogP contribution in [0.2, 0.25) is 0 Å². The molecule has 0 aliphatic rings. The molecular formula is C25H30N4O3S. The Morgan fingerprint density at radius 1 is 1.15 bits per heavy atom. The van der Waals surface area contributed by atoms with Gasteiger partial charge in [-0.05, 0) is 63.9 Å². The molecule has 0 spiro atoms. The molecule has 0 radical (unpaired) electrons. The number of rotatable bonds is 8. The second-order valence-corrected chi connectivity index (χ2v) is 9.20. The van der Waals surface area contributed by atoms with Gasteiger partial charge in [-0.3, -0.25) is 19.0 Å². The van der Waals surface area contributed by atoms with Crippen LogP contribution in [0, 0.1) is 13.8 Å². The Morgan fingerprint density at radius 2 is 1.88 bits per heavy atom. The third-order valence-corrected chi connectivity index (χ3v) is 6.12. The largest absolute Gasteiger partial charge is 0.352 e. The Hall–Kier alpha value is -3.13. The minimum Gasteiger partial charge on any atom is -0.352 e. The summed E-state index contributed by atoms with van der Waals surface area (Å²) in [5.74, 6) is -0.309. The molecule has 174 valence electrons. The molecule has 0 fully saturated rings. The van der Waals surface area contributed by atoms with E-state index in [1.807, 2.05) is 65.0 Å². The molecule has 33 heavy (non-hydrogen) atoms. The van der Waals surface area contributed by atoms with Gasteiger partial charge in [0, 0.05) is 12.6 Å². The molecule has 0 atom stereocenters. The molecule has 0 unspecified atom stereocenters. The lowest BCUT2D eigenvalue weighted by molar-refractivity contribution is -0.134. The average molecular weight is 467 g/mol. The van der Waals surface area contributed by atoms with Crippen molar-refractivity contribution in [3.8, 4) is 5.69 Å². The molecule has 3 rings (SSSR count). The van der Waals surface area contributed by atoms with Gasteiger partial charge < -0.3 is 10.2 Å². The van der Waals surface area contributed by atoms with Crippen molar-refractivity contribution in [1.29, 1.82) is 0 Å². The molecule has 0 saturated heterocycles. The lowest BCUT2D eigenvalue weighted by Crippen LogP contribution is -2.43. The third-order valence-electron chi connectivity index (χ3n) is 5.19. The van der Waals surface area contributed by atoms with Crippen LogP contribution >= 0.6 is 11.8 Å². The van der Waals surface area contributed by atoms with E-state index in [0.29, 0.717) is 22.6 Å². The lowest BCUT2D eigenvalue weighted by atomic mass is 10.1. The van der Waals surface area contributed by atoms with Crippen molar-refractivity contribution in [1.82, 2.24) is 19.8 Å². The second kappa shape index (κ2) is 10.7. The Bertz CT molecular complexity index is 1240. The number of aromatic nitrogens is 2. The van der Waals surface area contributed by atoms with E-state index in [1.165, 1.54) is 16.7 Å². The van der Waals surface area contributed by atoms with E-state index >= 15 is 0 Å². The summed E-state index contributed by atoms with van der Waals surface area (Å²) in [5.41, 5.74) is 3.12. The van der Waals surface area contributed by atoms with Crippen molar-refractivity contribution in [3.05, 3.63) is 63.9 Å².